The second kappa shape index (κ2) is 8.12. The Bertz CT molecular complexity index is 675. The number of carbonyl (C=O) groups is 2. The summed E-state index contributed by atoms with van der Waals surface area (Å²) in [6, 6.07) is 1.64. The predicted molar refractivity (Wildman–Crippen MR) is 99.8 cm³/mol. The van der Waals surface area contributed by atoms with Crippen LogP contribution in [0.5, 0.6) is 0 Å². The van der Waals surface area contributed by atoms with Gasteiger partial charge in [0.15, 0.2) is 0 Å². The molecule has 0 saturated carbocycles. The number of hydrogen-bond acceptors (Lipinski definition) is 6. The number of rotatable bonds is 3. The van der Waals surface area contributed by atoms with Crippen LogP contribution in [0.4, 0.5) is 10.5 Å². The highest BCUT2D eigenvalue weighted by atomic mass is 35.5. The van der Waals surface area contributed by atoms with Crippen molar-refractivity contribution in [3.8, 4) is 0 Å². The molecule has 8 heteroatoms. The van der Waals surface area contributed by atoms with Gasteiger partial charge >= 0.3 is 12.1 Å². The Morgan fingerprint density at radius 1 is 1.35 bits per heavy atom. The number of nitrogens with zero attached hydrogens (tertiary/aromatic N) is 3. The molecule has 1 aliphatic heterocycles. The molecule has 0 bridgehead atoms. The third-order valence-electron chi connectivity index (χ3n) is 3.93. The van der Waals surface area contributed by atoms with E-state index in [0.717, 1.165) is 0 Å². The van der Waals surface area contributed by atoms with Crippen molar-refractivity contribution in [3.63, 3.8) is 0 Å². The number of aromatic nitrogens is 1. The Morgan fingerprint density at radius 3 is 2.62 bits per heavy atom. The van der Waals surface area contributed by atoms with Crippen LogP contribution in [0.25, 0.3) is 0 Å². The summed E-state index contributed by atoms with van der Waals surface area (Å²) in [4.78, 5) is 32.3. The molecule has 0 spiro atoms. The number of piperazine rings is 1. The summed E-state index contributed by atoms with van der Waals surface area (Å²) in [5.74, 6) is -0.437. The number of pyridine rings is 1. The fourth-order valence-electron chi connectivity index (χ4n) is 2.83. The Morgan fingerprint density at radius 2 is 2.04 bits per heavy atom. The van der Waals surface area contributed by atoms with E-state index in [2.05, 4.69) is 4.98 Å². The summed E-state index contributed by atoms with van der Waals surface area (Å²) in [5.41, 5.74) is 0.501. The maximum Gasteiger partial charge on any atom is 0.410 e. The fourth-order valence-corrected chi connectivity index (χ4v) is 2.98. The van der Waals surface area contributed by atoms with Crippen molar-refractivity contribution in [1.29, 1.82) is 0 Å². The average molecular weight is 384 g/mol. The first-order valence-electron chi connectivity index (χ1n) is 8.69. The lowest BCUT2D eigenvalue weighted by atomic mass is 10.1. The average Bonchev–Trinajstić information content (AvgIpc) is 2.53. The number of esters is 1. The smallest absolute Gasteiger partial charge is 0.410 e. The quantitative estimate of drug-likeness (QED) is 0.588. The molecule has 1 aromatic heterocycles. The van der Waals surface area contributed by atoms with Crippen LogP contribution in [0.3, 0.4) is 0 Å². The van der Waals surface area contributed by atoms with E-state index in [1.807, 2.05) is 32.6 Å². The summed E-state index contributed by atoms with van der Waals surface area (Å²) in [6.07, 6.45) is 1.10. The van der Waals surface area contributed by atoms with Gasteiger partial charge in [0.2, 0.25) is 0 Å². The van der Waals surface area contributed by atoms with Crippen LogP contribution in [0.1, 0.15) is 45.0 Å². The van der Waals surface area contributed by atoms with Crippen molar-refractivity contribution in [2.24, 2.45) is 0 Å². The SMILES string of the molecule is CCOC(=O)c1cnc(Cl)cc1N1CCN(C(=O)OC(C)(C)C)CC1C. The zero-order chi connectivity index (χ0) is 19.5. The largest absolute Gasteiger partial charge is 0.462 e. The number of ether oxygens (including phenoxy) is 2. The number of halogens is 1. The second-order valence-electron chi connectivity index (χ2n) is 7.21. The van der Waals surface area contributed by atoms with Crippen molar-refractivity contribution in [2.75, 3.05) is 31.1 Å². The minimum atomic E-state index is -0.535. The van der Waals surface area contributed by atoms with Crippen LogP contribution < -0.4 is 4.90 Å². The number of carbonyl (C=O) groups excluding carboxylic acids is 2. The molecule has 0 N–H and O–H groups in total. The number of amides is 1. The Labute approximate surface area is 159 Å². The van der Waals surface area contributed by atoms with Gasteiger partial charge in [-0.2, -0.15) is 0 Å². The van der Waals surface area contributed by atoms with E-state index in [0.29, 0.717) is 36.0 Å². The maximum atomic E-state index is 12.3. The predicted octanol–water partition coefficient (Wildman–Crippen LogP) is 3.36. The van der Waals surface area contributed by atoms with Gasteiger partial charge in [0.05, 0.1) is 12.3 Å². The second-order valence-corrected chi connectivity index (χ2v) is 7.60. The minimum absolute atomic E-state index is 0.0251. The Hall–Kier alpha value is -2.02. The summed E-state index contributed by atoms with van der Waals surface area (Å²) in [7, 11) is 0. The molecule has 7 nitrogen and oxygen atoms in total. The highest BCUT2D eigenvalue weighted by Gasteiger charge is 2.32. The van der Waals surface area contributed by atoms with Crippen molar-refractivity contribution < 1.29 is 19.1 Å². The van der Waals surface area contributed by atoms with E-state index < -0.39 is 11.6 Å². The molecular formula is C18H26ClN3O4. The zero-order valence-corrected chi connectivity index (χ0v) is 16.7. The lowest BCUT2D eigenvalue weighted by Crippen LogP contribution is -2.55. The first kappa shape index (κ1) is 20.3. The van der Waals surface area contributed by atoms with Gasteiger partial charge in [-0.1, -0.05) is 11.6 Å². The van der Waals surface area contributed by atoms with Gasteiger partial charge in [-0.15, -0.1) is 0 Å². The molecule has 1 atom stereocenters. The van der Waals surface area contributed by atoms with Crippen molar-refractivity contribution in [3.05, 3.63) is 23.0 Å². The minimum Gasteiger partial charge on any atom is -0.462 e. The van der Waals surface area contributed by atoms with Crippen LogP contribution in [0.15, 0.2) is 12.3 Å². The summed E-state index contributed by atoms with van der Waals surface area (Å²) in [6.45, 7) is 11.1. The lowest BCUT2D eigenvalue weighted by Gasteiger charge is -2.41. The summed E-state index contributed by atoms with van der Waals surface area (Å²) >= 11 is 6.04. The van der Waals surface area contributed by atoms with E-state index in [9.17, 15) is 9.59 Å². The topological polar surface area (TPSA) is 72.0 Å². The molecule has 26 heavy (non-hydrogen) atoms. The van der Waals surface area contributed by atoms with Crippen molar-refractivity contribution >= 4 is 29.4 Å². The van der Waals surface area contributed by atoms with Gasteiger partial charge in [-0.25, -0.2) is 14.6 Å². The first-order chi connectivity index (χ1) is 12.1. The molecule has 1 amide bonds. The molecule has 0 aromatic carbocycles. The Balaban J connectivity index is 2.18. The standard InChI is InChI=1S/C18H26ClN3O4/c1-6-25-16(23)13-10-20-15(19)9-14(13)22-8-7-21(11-12(22)2)17(24)26-18(3,4)5/h9-10,12H,6-8,11H2,1-5H3. The zero-order valence-electron chi connectivity index (χ0n) is 15.9. The third kappa shape index (κ3) is 5.00. The lowest BCUT2D eigenvalue weighted by molar-refractivity contribution is 0.0217. The summed E-state index contributed by atoms with van der Waals surface area (Å²) < 4.78 is 10.6. The van der Waals surface area contributed by atoms with Crippen LogP contribution in [0.2, 0.25) is 5.15 Å². The highest BCUT2D eigenvalue weighted by Crippen LogP contribution is 2.28. The molecule has 2 heterocycles. The molecule has 0 aliphatic carbocycles. The fraction of sp³-hybridized carbons (Fsp3) is 0.611. The van der Waals surface area contributed by atoms with Gasteiger partial charge in [-0.3, -0.25) is 0 Å². The van der Waals surface area contributed by atoms with E-state index in [4.69, 9.17) is 21.1 Å². The van der Waals surface area contributed by atoms with E-state index in [1.165, 1.54) is 6.20 Å². The van der Waals surface area contributed by atoms with Gasteiger partial charge in [0.1, 0.15) is 16.3 Å². The molecule has 1 unspecified atom stereocenters. The van der Waals surface area contributed by atoms with Crippen molar-refractivity contribution in [2.45, 2.75) is 46.3 Å². The van der Waals surface area contributed by atoms with E-state index >= 15 is 0 Å². The van der Waals surface area contributed by atoms with Crippen molar-refractivity contribution in [1.82, 2.24) is 9.88 Å². The van der Waals surface area contributed by atoms with Gasteiger partial charge in [0.25, 0.3) is 0 Å². The number of anilines is 1. The van der Waals surface area contributed by atoms with Crippen LogP contribution in [-0.4, -0.2) is 59.8 Å². The molecule has 0 radical (unpaired) electrons. The highest BCUT2D eigenvalue weighted by molar-refractivity contribution is 6.29. The van der Waals surface area contributed by atoms with Gasteiger partial charge in [-0.05, 0) is 40.7 Å². The number of hydrogen-bond donors (Lipinski definition) is 0. The molecular weight excluding hydrogens is 358 g/mol. The third-order valence-corrected chi connectivity index (χ3v) is 4.14. The van der Waals surface area contributed by atoms with Crippen LogP contribution in [-0.2, 0) is 9.47 Å². The molecule has 1 aliphatic rings. The molecule has 1 fully saturated rings. The molecule has 144 valence electrons. The maximum absolute atomic E-state index is 12.3. The Kier molecular flexibility index (Phi) is 6.34. The van der Waals surface area contributed by atoms with Gasteiger partial charge < -0.3 is 19.3 Å². The van der Waals surface area contributed by atoms with Gasteiger partial charge in [0, 0.05) is 31.9 Å². The monoisotopic (exact) mass is 383 g/mol. The van der Waals surface area contributed by atoms with E-state index in [1.54, 1.807) is 17.9 Å². The van der Waals surface area contributed by atoms with E-state index in [-0.39, 0.29) is 18.7 Å². The first-order valence-corrected chi connectivity index (χ1v) is 9.07. The normalized spacial score (nSPS) is 17.8. The van der Waals surface area contributed by atoms with Crippen LogP contribution >= 0.6 is 11.6 Å². The summed E-state index contributed by atoms with van der Waals surface area (Å²) in [5, 5.41) is 0.301. The molecule has 1 aromatic rings. The van der Waals surface area contributed by atoms with Crippen LogP contribution in [0, 0.1) is 0 Å². The molecule has 1 saturated heterocycles. The molecule has 2 rings (SSSR count).